The van der Waals surface area contributed by atoms with Gasteiger partial charge in [0.25, 0.3) is 5.91 Å². The molecule has 0 saturated heterocycles. The molecular weight excluding hydrogens is 362 g/mol. The molecule has 2 fully saturated rings. The zero-order chi connectivity index (χ0) is 14.9. The second-order valence-corrected chi connectivity index (χ2v) is 7.98. The molecule has 2 saturated carbocycles. The summed E-state index contributed by atoms with van der Waals surface area (Å²) in [4.78, 5) is 12.4. The molecule has 0 aromatic heterocycles. The summed E-state index contributed by atoms with van der Waals surface area (Å²) in [5.74, 6) is 0.835. The van der Waals surface area contributed by atoms with Crippen LogP contribution in [-0.4, -0.2) is 12.5 Å². The number of fused-ring (bicyclic) bond motifs is 2. The molecule has 1 aromatic carbocycles. The Balaban J connectivity index is 0.00000176. The van der Waals surface area contributed by atoms with E-state index in [2.05, 4.69) is 21.2 Å². The molecule has 1 amide bonds. The third-order valence-corrected chi connectivity index (χ3v) is 5.98. The Morgan fingerprint density at radius 1 is 1.32 bits per heavy atom. The van der Waals surface area contributed by atoms with Crippen molar-refractivity contribution < 1.29 is 4.79 Å². The Hall–Kier alpha value is -0.540. The standard InChI is InChI=1S/C17H21BrClNO.CH2/c18-13-5-6-15(19)14(9-13)16(21)20-11-17-7-1-3-12(10-17)4-2-8-17;/h5-6,9,12H,1-4,7-8,10-11H2,(H,20,21);1H2. The Labute approximate surface area is 147 Å². The lowest BCUT2D eigenvalue weighted by molar-refractivity contribution is 0.0682. The van der Waals surface area contributed by atoms with Crippen molar-refractivity contribution >= 4 is 33.4 Å². The van der Waals surface area contributed by atoms with Crippen molar-refractivity contribution in [2.45, 2.75) is 44.9 Å². The largest absolute Gasteiger partial charge is 0.351 e. The van der Waals surface area contributed by atoms with Gasteiger partial charge in [0.15, 0.2) is 0 Å². The third-order valence-electron chi connectivity index (χ3n) is 5.16. The van der Waals surface area contributed by atoms with E-state index in [4.69, 9.17) is 11.6 Å². The fourth-order valence-corrected chi connectivity index (χ4v) is 4.67. The lowest BCUT2D eigenvalue weighted by atomic mass is 9.62. The summed E-state index contributed by atoms with van der Waals surface area (Å²) in [6.07, 6.45) is 9.21. The van der Waals surface area contributed by atoms with E-state index in [-0.39, 0.29) is 13.3 Å². The van der Waals surface area contributed by atoms with Gasteiger partial charge in [-0.25, -0.2) is 0 Å². The maximum Gasteiger partial charge on any atom is 0.252 e. The fourth-order valence-electron chi connectivity index (χ4n) is 4.10. The van der Waals surface area contributed by atoms with Crippen LogP contribution < -0.4 is 5.32 Å². The van der Waals surface area contributed by atoms with E-state index in [9.17, 15) is 4.79 Å². The molecule has 2 aliphatic rings. The van der Waals surface area contributed by atoms with E-state index in [1.807, 2.05) is 6.07 Å². The molecule has 2 bridgehead atoms. The molecule has 120 valence electrons. The van der Waals surface area contributed by atoms with E-state index >= 15 is 0 Å². The van der Waals surface area contributed by atoms with Crippen molar-refractivity contribution in [3.8, 4) is 0 Å². The zero-order valence-electron chi connectivity index (χ0n) is 12.8. The number of hydrogen-bond donors (Lipinski definition) is 1. The molecule has 1 N–H and O–H groups in total. The first-order chi connectivity index (χ1) is 10.1. The predicted octanol–water partition coefficient (Wildman–Crippen LogP) is 5.52. The minimum Gasteiger partial charge on any atom is -0.351 e. The van der Waals surface area contributed by atoms with Gasteiger partial charge in [0, 0.05) is 11.0 Å². The number of halogens is 2. The van der Waals surface area contributed by atoms with Crippen LogP contribution in [0.4, 0.5) is 0 Å². The smallest absolute Gasteiger partial charge is 0.252 e. The van der Waals surface area contributed by atoms with Gasteiger partial charge in [0.05, 0.1) is 10.6 Å². The average molecular weight is 385 g/mol. The minimum atomic E-state index is -0.0524. The van der Waals surface area contributed by atoms with Gasteiger partial charge in [-0.3, -0.25) is 4.79 Å². The van der Waals surface area contributed by atoms with Crippen molar-refractivity contribution in [3.05, 3.63) is 40.7 Å². The van der Waals surface area contributed by atoms with Crippen LogP contribution in [0.2, 0.25) is 5.02 Å². The second-order valence-electron chi connectivity index (χ2n) is 6.66. The van der Waals surface area contributed by atoms with Crippen molar-refractivity contribution in [1.29, 1.82) is 0 Å². The van der Waals surface area contributed by atoms with Gasteiger partial charge in [-0.1, -0.05) is 60.6 Å². The summed E-state index contributed by atoms with van der Waals surface area (Å²) in [5.41, 5.74) is 0.903. The summed E-state index contributed by atoms with van der Waals surface area (Å²) >= 11 is 9.53. The minimum absolute atomic E-state index is 0. The van der Waals surface area contributed by atoms with Crippen LogP contribution in [0.25, 0.3) is 0 Å². The van der Waals surface area contributed by atoms with E-state index in [0.29, 0.717) is 16.0 Å². The van der Waals surface area contributed by atoms with Gasteiger partial charge in [-0.05, 0) is 48.8 Å². The van der Waals surface area contributed by atoms with Crippen molar-refractivity contribution in [3.63, 3.8) is 0 Å². The molecule has 2 nitrogen and oxygen atoms in total. The number of hydrogen-bond acceptors (Lipinski definition) is 1. The van der Waals surface area contributed by atoms with Gasteiger partial charge >= 0.3 is 0 Å². The van der Waals surface area contributed by atoms with Gasteiger partial charge in [0.2, 0.25) is 0 Å². The summed E-state index contributed by atoms with van der Waals surface area (Å²) in [7, 11) is 0. The lowest BCUT2D eigenvalue weighted by Crippen LogP contribution is -2.43. The molecule has 1 aromatic rings. The first-order valence-corrected chi connectivity index (χ1v) is 8.98. The highest BCUT2D eigenvalue weighted by atomic mass is 79.9. The van der Waals surface area contributed by atoms with Crippen LogP contribution in [0, 0.1) is 18.8 Å². The number of amides is 1. The summed E-state index contributed by atoms with van der Waals surface area (Å²) < 4.78 is 0.880. The lowest BCUT2D eigenvalue weighted by Gasteiger charge is -2.45. The van der Waals surface area contributed by atoms with Gasteiger partial charge in [-0.2, -0.15) is 0 Å². The summed E-state index contributed by atoms with van der Waals surface area (Å²) in [6.45, 7) is 0.797. The number of carbonyl (C=O) groups excluding carboxylic acids is 1. The monoisotopic (exact) mass is 383 g/mol. The molecule has 0 spiro atoms. The van der Waals surface area contributed by atoms with Gasteiger partial charge < -0.3 is 5.32 Å². The molecular formula is C18H23BrClNO. The quantitative estimate of drug-likeness (QED) is 0.730. The van der Waals surface area contributed by atoms with E-state index in [1.165, 1.54) is 44.9 Å². The number of nitrogens with one attached hydrogen (secondary N) is 1. The van der Waals surface area contributed by atoms with Crippen LogP contribution in [0.15, 0.2) is 22.7 Å². The highest BCUT2D eigenvalue weighted by Gasteiger charge is 2.39. The van der Waals surface area contributed by atoms with E-state index in [1.54, 1.807) is 12.1 Å². The highest BCUT2D eigenvalue weighted by Crippen LogP contribution is 2.48. The topological polar surface area (TPSA) is 29.1 Å². The first kappa shape index (κ1) is 17.8. The molecule has 3 rings (SSSR count). The summed E-state index contributed by atoms with van der Waals surface area (Å²) in [6, 6.07) is 5.40. The fraction of sp³-hybridized carbons (Fsp3) is 0.556. The molecule has 2 radical (unpaired) electrons. The molecule has 4 heteroatoms. The second kappa shape index (κ2) is 7.35. The van der Waals surface area contributed by atoms with Crippen molar-refractivity contribution in [2.24, 2.45) is 11.3 Å². The van der Waals surface area contributed by atoms with Crippen molar-refractivity contribution in [1.82, 2.24) is 5.32 Å². The third kappa shape index (κ3) is 3.86. The molecule has 0 heterocycles. The number of carbonyl (C=O) groups is 1. The maximum absolute atomic E-state index is 12.4. The van der Waals surface area contributed by atoms with Gasteiger partial charge in [-0.15, -0.1) is 0 Å². The normalized spacial score (nSPS) is 26.9. The Kier molecular flexibility index (Phi) is 5.95. The van der Waals surface area contributed by atoms with Crippen molar-refractivity contribution in [2.75, 3.05) is 6.54 Å². The zero-order valence-corrected chi connectivity index (χ0v) is 15.2. The van der Waals surface area contributed by atoms with Crippen LogP contribution >= 0.6 is 27.5 Å². The average Bonchev–Trinajstić information content (AvgIpc) is 2.47. The highest BCUT2D eigenvalue weighted by molar-refractivity contribution is 9.10. The number of rotatable bonds is 3. The molecule has 0 aliphatic heterocycles. The van der Waals surface area contributed by atoms with Crippen LogP contribution in [0.5, 0.6) is 0 Å². The van der Waals surface area contributed by atoms with Gasteiger partial charge in [0.1, 0.15) is 0 Å². The SMILES string of the molecule is O=C(NCC12CCCC(CCC1)C2)c1cc(Br)ccc1Cl.[CH2]. The Morgan fingerprint density at radius 2 is 2.00 bits per heavy atom. The predicted molar refractivity (Wildman–Crippen MR) is 95.1 cm³/mol. The van der Waals surface area contributed by atoms with E-state index < -0.39 is 0 Å². The first-order valence-electron chi connectivity index (χ1n) is 7.81. The maximum atomic E-state index is 12.4. The molecule has 0 unspecified atom stereocenters. The Morgan fingerprint density at radius 3 is 2.68 bits per heavy atom. The van der Waals surface area contributed by atoms with E-state index in [0.717, 1.165) is 16.9 Å². The van der Waals surface area contributed by atoms with Crippen LogP contribution in [0.1, 0.15) is 55.3 Å². The summed E-state index contributed by atoms with van der Waals surface area (Å²) in [5, 5.41) is 3.65. The number of benzene rings is 1. The van der Waals surface area contributed by atoms with Crippen LogP contribution in [-0.2, 0) is 0 Å². The molecule has 2 aliphatic carbocycles. The Bertz CT molecular complexity index is 536. The molecule has 22 heavy (non-hydrogen) atoms. The van der Waals surface area contributed by atoms with Crippen LogP contribution in [0.3, 0.4) is 0 Å². The molecule has 0 atom stereocenters.